The van der Waals surface area contributed by atoms with Gasteiger partial charge < -0.3 is 10.1 Å². The molecule has 2 heterocycles. The molecule has 2 fully saturated rings. The summed E-state index contributed by atoms with van der Waals surface area (Å²) in [6, 6.07) is 18.1. The summed E-state index contributed by atoms with van der Waals surface area (Å²) in [5.41, 5.74) is 4.48. The summed E-state index contributed by atoms with van der Waals surface area (Å²) in [4.78, 5) is 36.3. The van der Waals surface area contributed by atoms with Gasteiger partial charge in [-0.25, -0.2) is 14.5 Å². The van der Waals surface area contributed by atoms with Crippen LogP contribution in [0.25, 0.3) is 17.1 Å². The zero-order valence-electron chi connectivity index (χ0n) is 24.6. The van der Waals surface area contributed by atoms with Gasteiger partial charge >= 0.3 is 12.4 Å². The second-order valence-corrected chi connectivity index (χ2v) is 12.2. The number of hydrogen-bond donors (Lipinski definition) is 1. The Morgan fingerprint density at radius 2 is 1.78 bits per heavy atom. The van der Waals surface area contributed by atoms with Gasteiger partial charge in [-0.15, -0.1) is 18.3 Å². The van der Waals surface area contributed by atoms with E-state index in [1.165, 1.54) is 47.0 Å². The van der Waals surface area contributed by atoms with E-state index in [0.717, 1.165) is 40.8 Å². The van der Waals surface area contributed by atoms with Crippen LogP contribution in [-0.2, 0) is 10.3 Å². The summed E-state index contributed by atoms with van der Waals surface area (Å²) < 4.78 is 42.7. The van der Waals surface area contributed by atoms with Crippen LogP contribution in [0.1, 0.15) is 49.3 Å². The number of benzene rings is 3. The molecule has 1 saturated carbocycles. The van der Waals surface area contributed by atoms with Crippen LogP contribution >= 0.6 is 11.8 Å². The van der Waals surface area contributed by atoms with Crippen LogP contribution in [0.2, 0.25) is 0 Å². The molecular formula is C32H29F3N6O3S. The molecule has 1 N–H and O–H groups in total. The van der Waals surface area contributed by atoms with Crippen molar-refractivity contribution in [3.05, 3.63) is 89.7 Å². The molecule has 3 aromatic carbocycles. The van der Waals surface area contributed by atoms with Crippen LogP contribution in [-0.4, -0.2) is 44.0 Å². The average Bonchev–Trinajstić information content (AvgIpc) is 3.42. The number of nitrogens with one attached hydrogen (secondary N) is 1. The lowest BCUT2D eigenvalue weighted by atomic mass is 9.95. The number of anilines is 1. The molecule has 45 heavy (non-hydrogen) atoms. The number of hydrogen-bond acceptors (Lipinski definition) is 6. The minimum absolute atomic E-state index is 0.112. The minimum Gasteiger partial charge on any atom is -0.406 e. The molecule has 1 aromatic heterocycles. The van der Waals surface area contributed by atoms with Gasteiger partial charge in [0.15, 0.2) is 11.0 Å². The first-order valence-corrected chi connectivity index (χ1v) is 15.3. The zero-order chi connectivity index (χ0) is 31.9. The summed E-state index contributed by atoms with van der Waals surface area (Å²) in [7, 11) is 0. The van der Waals surface area contributed by atoms with E-state index in [1.54, 1.807) is 4.90 Å². The van der Waals surface area contributed by atoms with E-state index in [0.29, 0.717) is 16.7 Å². The molecule has 13 heteroatoms. The van der Waals surface area contributed by atoms with Gasteiger partial charge in [0, 0.05) is 5.56 Å². The van der Waals surface area contributed by atoms with Crippen LogP contribution in [0.15, 0.2) is 78.0 Å². The Morgan fingerprint density at radius 3 is 2.42 bits per heavy atom. The van der Waals surface area contributed by atoms with Crippen molar-refractivity contribution in [3.63, 3.8) is 0 Å². The van der Waals surface area contributed by atoms with E-state index >= 15 is 0 Å². The molecule has 9 nitrogen and oxygen atoms in total. The van der Waals surface area contributed by atoms with E-state index in [-0.39, 0.29) is 23.3 Å². The first kappa shape index (κ1) is 30.4. The Morgan fingerprint density at radius 1 is 1.07 bits per heavy atom. The van der Waals surface area contributed by atoms with Crippen LogP contribution in [0, 0.1) is 6.92 Å². The number of amidine groups is 1. The molecule has 232 valence electrons. The van der Waals surface area contributed by atoms with E-state index < -0.39 is 17.9 Å². The maximum Gasteiger partial charge on any atom is 0.573 e. The third kappa shape index (κ3) is 6.44. The van der Waals surface area contributed by atoms with Crippen LogP contribution < -0.4 is 15.0 Å². The molecule has 0 unspecified atom stereocenters. The number of aliphatic imine (C=N–C) groups is 1. The Bertz CT molecular complexity index is 1780. The number of halogens is 3. The number of aromatic nitrogens is 3. The second kappa shape index (κ2) is 11.7. The van der Waals surface area contributed by atoms with E-state index in [1.807, 2.05) is 49.4 Å². The van der Waals surface area contributed by atoms with Crippen molar-refractivity contribution in [2.75, 3.05) is 10.7 Å². The fraction of sp³-hybridized carbons (Fsp3) is 0.281. The topological polar surface area (TPSA) is 102 Å². The normalized spacial score (nSPS) is 16.8. The smallest absolute Gasteiger partial charge is 0.406 e. The number of amides is 3. The molecule has 6 rings (SSSR count). The van der Waals surface area contributed by atoms with E-state index in [4.69, 9.17) is 0 Å². The fourth-order valence-electron chi connectivity index (χ4n) is 5.48. The number of carbonyl (C=O) groups excluding carboxylic acids is 2. The highest BCUT2D eigenvalue weighted by Crippen LogP contribution is 2.46. The van der Waals surface area contributed by atoms with Crippen molar-refractivity contribution in [1.29, 1.82) is 0 Å². The highest BCUT2D eigenvalue weighted by Gasteiger charge is 2.46. The summed E-state index contributed by atoms with van der Waals surface area (Å²) in [5, 5.41) is 7.87. The highest BCUT2D eigenvalue weighted by atomic mass is 32.2. The Balaban J connectivity index is 1.15. The molecule has 0 spiro atoms. The average molecular weight is 635 g/mol. The standard InChI is InChI=1S/C32H29F3N6O3S/c1-19(2)27-20(3)5-4-6-25(27)41-26(42)17-45-30(41)37-29(43)38-31(15-16-31)22-9-7-21(8-10-22)28-36-18-40(39-28)23-11-13-24(14-12-23)44-32(33,34)35/h4-14,18-19H,15-17H2,1-3H3,(H,38,43)/b37-30-. The van der Waals surface area contributed by atoms with Crippen molar-refractivity contribution in [1.82, 2.24) is 20.1 Å². The van der Waals surface area contributed by atoms with Crippen molar-refractivity contribution in [2.45, 2.75) is 51.4 Å². The summed E-state index contributed by atoms with van der Waals surface area (Å²) in [6.45, 7) is 6.16. The largest absolute Gasteiger partial charge is 0.573 e. The van der Waals surface area contributed by atoms with Crippen LogP contribution in [0.4, 0.5) is 23.7 Å². The Hall–Kier alpha value is -4.65. The molecule has 4 aromatic rings. The SMILES string of the molecule is Cc1cccc(N2C(=O)CS/C2=N\C(=O)NC2(c3ccc(-c4ncn(-c5ccc(OC(F)(F)F)cc5)n4)cc3)CC2)c1C(C)C. The molecule has 1 aliphatic heterocycles. The van der Waals surface area contributed by atoms with Gasteiger partial charge in [0.1, 0.15) is 12.1 Å². The zero-order valence-corrected chi connectivity index (χ0v) is 25.4. The van der Waals surface area contributed by atoms with Crippen molar-refractivity contribution in [3.8, 4) is 22.8 Å². The Kier molecular flexibility index (Phi) is 7.89. The molecular weight excluding hydrogens is 605 g/mol. The molecule has 1 aliphatic carbocycles. The van der Waals surface area contributed by atoms with E-state index in [2.05, 4.69) is 39.0 Å². The predicted molar refractivity (Wildman–Crippen MR) is 166 cm³/mol. The van der Waals surface area contributed by atoms with Crippen molar-refractivity contribution < 1.29 is 27.5 Å². The highest BCUT2D eigenvalue weighted by molar-refractivity contribution is 8.15. The maximum absolute atomic E-state index is 13.2. The first-order valence-electron chi connectivity index (χ1n) is 14.3. The van der Waals surface area contributed by atoms with Gasteiger partial charge in [0.25, 0.3) is 0 Å². The third-order valence-corrected chi connectivity index (χ3v) is 8.62. The number of urea groups is 1. The van der Waals surface area contributed by atoms with Gasteiger partial charge in [-0.05, 0) is 72.7 Å². The van der Waals surface area contributed by atoms with Crippen molar-refractivity contribution in [2.24, 2.45) is 4.99 Å². The molecule has 2 aliphatic rings. The number of carbonyl (C=O) groups is 2. The minimum atomic E-state index is -4.76. The fourth-order valence-corrected chi connectivity index (χ4v) is 6.34. The van der Waals surface area contributed by atoms with Crippen LogP contribution in [0.3, 0.4) is 0 Å². The van der Waals surface area contributed by atoms with E-state index in [9.17, 15) is 22.8 Å². The molecule has 0 atom stereocenters. The van der Waals surface area contributed by atoms with Gasteiger partial charge in [0.2, 0.25) is 5.91 Å². The second-order valence-electron chi connectivity index (χ2n) is 11.2. The van der Waals surface area contributed by atoms with Gasteiger partial charge in [-0.1, -0.05) is 62.0 Å². The number of ether oxygens (including phenoxy) is 1. The monoisotopic (exact) mass is 634 g/mol. The number of nitrogens with zero attached hydrogens (tertiary/aromatic N) is 5. The number of aryl methyl sites for hydroxylation is 1. The maximum atomic E-state index is 13.2. The number of thioether (sulfide) groups is 1. The summed E-state index contributed by atoms with van der Waals surface area (Å²) in [5.74, 6) is 0.390. The molecule has 0 radical (unpaired) electrons. The predicted octanol–water partition coefficient (Wildman–Crippen LogP) is 7.10. The lowest BCUT2D eigenvalue weighted by molar-refractivity contribution is -0.274. The van der Waals surface area contributed by atoms with Gasteiger partial charge in [-0.2, -0.15) is 4.99 Å². The molecule has 3 amide bonds. The summed E-state index contributed by atoms with van der Waals surface area (Å²) >= 11 is 1.25. The quantitative estimate of drug-likeness (QED) is 0.233. The Labute approximate surface area is 261 Å². The lowest BCUT2D eigenvalue weighted by Crippen LogP contribution is -2.36. The summed E-state index contributed by atoms with van der Waals surface area (Å²) in [6.07, 6.45) is -1.80. The van der Waals surface area contributed by atoms with Crippen molar-refractivity contribution >= 4 is 34.6 Å². The lowest BCUT2D eigenvalue weighted by Gasteiger charge is -2.23. The van der Waals surface area contributed by atoms with Crippen LogP contribution in [0.5, 0.6) is 5.75 Å². The molecule has 1 saturated heterocycles. The van der Waals surface area contributed by atoms with Gasteiger partial charge in [-0.3, -0.25) is 9.69 Å². The molecule has 0 bridgehead atoms. The first-order chi connectivity index (χ1) is 21.4. The van der Waals surface area contributed by atoms with Gasteiger partial charge in [0.05, 0.1) is 22.7 Å². The number of alkyl halides is 3. The number of rotatable bonds is 7. The third-order valence-electron chi connectivity index (χ3n) is 7.70.